The second kappa shape index (κ2) is 9.73. The van der Waals surface area contributed by atoms with Gasteiger partial charge < -0.3 is 10.1 Å². The Labute approximate surface area is 180 Å². The number of ether oxygens (including phenoxy) is 1. The highest BCUT2D eigenvalue weighted by Crippen LogP contribution is 2.29. The van der Waals surface area contributed by atoms with Crippen molar-refractivity contribution < 1.29 is 17.9 Å². The fourth-order valence-corrected chi connectivity index (χ4v) is 4.73. The van der Waals surface area contributed by atoms with Gasteiger partial charge in [-0.05, 0) is 53.6 Å². The molecule has 156 valence electrons. The minimum Gasteiger partial charge on any atom is -0.497 e. The Morgan fingerprint density at radius 3 is 2.40 bits per heavy atom. The fourth-order valence-electron chi connectivity index (χ4n) is 2.96. The van der Waals surface area contributed by atoms with E-state index in [1.165, 1.54) is 30.5 Å². The third-order valence-electron chi connectivity index (χ3n) is 4.58. The summed E-state index contributed by atoms with van der Waals surface area (Å²) in [6, 6.07) is 16.4. The quantitative estimate of drug-likeness (QED) is 0.573. The van der Waals surface area contributed by atoms with Crippen LogP contribution in [0.3, 0.4) is 0 Å². The van der Waals surface area contributed by atoms with E-state index in [4.69, 9.17) is 16.3 Å². The Hall–Kier alpha value is -2.90. The zero-order valence-corrected chi connectivity index (χ0v) is 17.9. The second-order valence-electron chi connectivity index (χ2n) is 6.60. The highest BCUT2D eigenvalue weighted by molar-refractivity contribution is 7.91. The molecule has 0 saturated heterocycles. The Morgan fingerprint density at radius 2 is 1.80 bits per heavy atom. The molecule has 3 rings (SSSR count). The van der Waals surface area contributed by atoms with Crippen molar-refractivity contribution >= 4 is 27.3 Å². The molecule has 0 aliphatic rings. The average Bonchev–Trinajstić information content (AvgIpc) is 2.75. The summed E-state index contributed by atoms with van der Waals surface area (Å²) in [6.45, 7) is -0.0777. The van der Waals surface area contributed by atoms with Gasteiger partial charge in [0.1, 0.15) is 11.0 Å². The van der Waals surface area contributed by atoms with Crippen LogP contribution in [-0.4, -0.2) is 33.0 Å². The molecule has 6 nitrogen and oxygen atoms in total. The second-order valence-corrected chi connectivity index (χ2v) is 9.17. The molecule has 0 bridgehead atoms. The maximum absolute atomic E-state index is 13.2. The van der Waals surface area contributed by atoms with E-state index >= 15 is 0 Å². The van der Waals surface area contributed by atoms with Gasteiger partial charge >= 0.3 is 0 Å². The molecule has 2 aromatic carbocycles. The molecule has 0 aliphatic heterocycles. The number of sulfone groups is 1. The van der Waals surface area contributed by atoms with Crippen LogP contribution in [0.25, 0.3) is 0 Å². The normalized spacial score (nSPS) is 12.2. The Balaban J connectivity index is 1.78. The lowest BCUT2D eigenvalue weighted by molar-refractivity contribution is -0.120. The molecule has 0 spiro atoms. The molecule has 1 amide bonds. The van der Waals surface area contributed by atoms with Gasteiger partial charge in [0.25, 0.3) is 0 Å². The van der Waals surface area contributed by atoms with E-state index in [2.05, 4.69) is 10.3 Å². The largest absolute Gasteiger partial charge is 0.497 e. The number of halogens is 1. The number of methoxy groups -OCH3 is 1. The number of nitrogens with zero attached hydrogens (tertiary/aromatic N) is 1. The van der Waals surface area contributed by atoms with E-state index in [0.717, 1.165) is 5.56 Å². The molecular weight excluding hydrogens is 424 g/mol. The smallest absolute Gasteiger partial charge is 0.224 e. The summed E-state index contributed by atoms with van der Waals surface area (Å²) in [5.41, 5.74) is 1.30. The van der Waals surface area contributed by atoms with Crippen LogP contribution < -0.4 is 10.1 Å². The maximum Gasteiger partial charge on any atom is 0.224 e. The summed E-state index contributed by atoms with van der Waals surface area (Å²) >= 11 is 5.89. The van der Waals surface area contributed by atoms with Crippen molar-refractivity contribution in [3.8, 4) is 5.75 Å². The molecule has 3 aromatic rings. The number of carbonyl (C=O) groups is 1. The number of benzene rings is 2. The van der Waals surface area contributed by atoms with Crippen molar-refractivity contribution in [3.05, 3.63) is 89.2 Å². The Kier molecular flexibility index (Phi) is 7.07. The van der Waals surface area contributed by atoms with Crippen LogP contribution in [0.5, 0.6) is 5.75 Å². The Morgan fingerprint density at radius 1 is 1.10 bits per heavy atom. The summed E-state index contributed by atoms with van der Waals surface area (Å²) < 4.78 is 31.6. The number of pyridine rings is 1. The van der Waals surface area contributed by atoms with Gasteiger partial charge in [0.05, 0.1) is 18.4 Å². The highest BCUT2D eigenvalue weighted by Gasteiger charge is 2.29. The van der Waals surface area contributed by atoms with E-state index in [9.17, 15) is 13.2 Å². The summed E-state index contributed by atoms with van der Waals surface area (Å²) in [5, 5.41) is 2.21. The van der Waals surface area contributed by atoms with Gasteiger partial charge in [-0.15, -0.1) is 0 Å². The predicted molar refractivity (Wildman–Crippen MR) is 115 cm³/mol. The van der Waals surface area contributed by atoms with Gasteiger partial charge in [-0.1, -0.05) is 29.8 Å². The maximum atomic E-state index is 13.2. The molecule has 30 heavy (non-hydrogen) atoms. The number of hydrogen-bond acceptors (Lipinski definition) is 5. The lowest BCUT2D eigenvalue weighted by atomic mass is 10.1. The number of aromatic nitrogens is 1. The molecule has 0 fully saturated rings. The first-order valence-electron chi connectivity index (χ1n) is 9.19. The van der Waals surface area contributed by atoms with Crippen molar-refractivity contribution in [2.45, 2.75) is 16.6 Å². The molecule has 1 aromatic heterocycles. The molecule has 8 heteroatoms. The van der Waals surface area contributed by atoms with Crippen LogP contribution in [0.1, 0.15) is 16.4 Å². The molecule has 0 aliphatic carbocycles. The van der Waals surface area contributed by atoms with Gasteiger partial charge in [0.2, 0.25) is 5.91 Å². The monoisotopic (exact) mass is 444 g/mol. The zero-order valence-electron chi connectivity index (χ0n) is 16.3. The number of rotatable bonds is 8. The fraction of sp³-hybridized carbons (Fsp3) is 0.182. The first kappa shape index (κ1) is 21.8. The first-order valence-corrected chi connectivity index (χ1v) is 11.1. The Bertz CT molecular complexity index is 1090. The van der Waals surface area contributed by atoms with Gasteiger partial charge in [-0.25, -0.2) is 8.42 Å². The van der Waals surface area contributed by atoms with Crippen molar-refractivity contribution in [3.63, 3.8) is 0 Å². The van der Waals surface area contributed by atoms with Gasteiger partial charge in [-0.3, -0.25) is 9.78 Å². The third-order valence-corrected chi connectivity index (χ3v) is 6.95. The van der Waals surface area contributed by atoms with Crippen LogP contribution in [0.2, 0.25) is 5.02 Å². The third kappa shape index (κ3) is 5.37. The minimum atomic E-state index is -3.78. The van der Waals surface area contributed by atoms with Gasteiger partial charge in [-0.2, -0.15) is 0 Å². The van der Waals surface area contributed by atoms with Crippen LogP contribution in [0.4, 0.5) is 0 Å². The number of nitrogens with one attached hydrogen (secondary N) is 1. The molecule has 1 unspecified atom stereocenters. The van der Waals surface area contributed by atoms with Crippen LogP contribution in [0.15, 0.2) is 78.0 Å². The van der Waals surface area contributed by atoms with E-state index in [0.29, 0.717) is 16.3 Å². The summed E-state index contributed by atoms with van der Waals surface area (Å²) in [4.78, 5) is 16.6. The summed E-state index contributed by atoms with van der Waals surface area (Å²) in [5.74, 6) is 0.422. The van der Waals surface area contributed by atoms with Gasteiger partial charge in [0.15, 0.2) is 9.84 Å². The van der Waals surface area contributed by atoms with Crippen LogP contribution >= 0.6 is 11.6 Å². The van der Waals surface area contributed by atoms with Crippen molar-refractivity contribution in [1.82, 2.24) is 10.3 Å². The highest BCUT2D eigenvalue weighted by atomic mass is 35.5. The minimum absolute atomic E-state index is 0.0777. The number of hydrogen-bond donors (Lipinski definition) is 1. The zero-order chi connectivity index (χ0) is 21.6. The summed E-state index contributed by atoms with van der Waals surface area (Å²) in [6.07, 6.45) is 3.19. The molecular formula is C22H21ClN2O4S. The van der Waals surface area contributed by atoms with E-state index < -0.39 is 15.1 Å². The van der Waals surface area contributed by atoms with Crippen molar-refractivity contribution in [1.29, 1.82) is 0 Å². The molecule has 0 radical (unpaired) electrons. The van der Waals surface area contributed by atoms with E-state index in [1.54, 1.807) is 49.7 Å². The topological polar surface area (TPSA) is 85.4 Å². The SMILES string of the molecule is COc1ccc(CC(=O)NCC(c2cccnc2)S(=O)(=O)c2ccc(Cl)cc2)cc1. The van der Waals surface area contributed by atoms with Gasteiger partial charge in [0, 0.05) is 24.0 Å². The number of amides is 1. The van der Waals surface area contributed by atoms with Crippen molar-refractivity contribution in [2.24, 2.45) is 0 Å². The van der Waals surface area contributed by atoms with E-state index in [-0.39, 0.29) is 23.8 Å². The van der Waals surface area contributed by atoms with Crippen LogP contribution in [-0.2, 0) is 21.1 Å². The predicted octanol–water partition coefficient (Wildman–Crippen LogP) is 3.62. The van der Waals surface area contributed by atoms with E-state index in [1.807, 2.05) is 0 Å². The molecule has 0 saturated carbocycles. The standard InChI is InChI=1S/C22H21ClN2O4S/c1-29-19-8-4-16(5-9-19)13-22(26)25-15-21(17-3-2-12-24-14-17)30(27,28)20-10-6-18(23)7-11-20/h2-12,14,21H,13,15H2,1H3,(H,25,26). The molecule has 1 heterocycles. The lowest BCUT2D eigenvalue weighted by Crippen LogP contribution is -2.33. The first-order chi connectivity index (χ1) is 14.4. The number of carbonyl (C=O) groups excluding carboxylic acids is 1. The van der Waals surface area contributed by atoms with Crippen LogP contribution in [0, 0.1) is 0 Å². The average molecular weight is 445 g/mol. The molecule has 1 atom stereocenters. The van der Waals surface area contributed by atoms with Crippen molar-refractivity contribution in [2.75, 3.05) is 13.7 Å². The lowest BCUT2D eigenvalue weighted by Gasteiger charge is -2.19. The molecule has 1 N–H and O–H groups in total. The summed E-state index contributed by atoms with van der Waals surface area (Å²) in [7, 11) is -2.21.